The largest absolute Gasteiger partial charge is 0.481 e. The van der Waals surface area contributed by atoms with Crippen molar-refractivity contribution in [2.45, 2.75) is 19.0 Å². The maximum absolute atomic E-state index is 12.6. The van der Waals surface area contributed by atoms with Gasteiger partial charge in [0.15, 0.2) is 0 Å². The van der Waals surface area contributed by atoms with Crippen molar-refractivity contribution in [2.75, 3.05) is 32.5 Å². The standard InChI is InChI=1S/C18H21F3N2O4S/c1-28(25,26)23-10-7-14(8-11-23)17(24)22-9-2-3-12-27-16-6-4-5-15(13-16)18(19,20)21/h4-6,13-14H,7-12H2,1H3,(H,22,24). The van der Waals surface area contributed by atoms with E-state index in [4.69, 9.17) is 4.74 Å². The number of carbonyl (C=O) groups is 1. The molecule has 0 atom stereocenters. The summed E-state index contributed by atoms with van der Waals surface area (Å²) in [7, 11) is -3.23. The molecule has 0 aliphatic carbocycles. The van der Waals surface area contributed by atoms with Crippen molar-refractivity contribution in [3.63, 3.8) is 0 Å². The number of benzene rings is 1. The first-order valence-electron chi connectivity index (χ1n) is 8.56. The summed E-state index contributed by atoms with van der Waals surface area (Å²) in [4.78, 5) is 12.1. The van der Waals surface area contributed by atoms with E-state index < -0.39 is 21.8 Å². The molecule has 0 bridgehead atoms. The second-order valence-electron chi connectivity index (χ2n) is 6.32. The molecule has 0 spiro atoms. The number of nitrogens with one attached hydrogen (secondary N) is 1. The van der Waals surface area contributed by atoms with E-state index >= 15 is 0 Å². The molecule has 0 unspecified atom stereocenters. The lowest BCUT2D eigenvalue weighted by Gasteiger charge is -2.29. The zero-order valence-corrected chi connectivity index (χ0v) is 16.1. The molecule has 1 aliphatic rings. The van der Waals surface area contributed by atoms with Crippen LogP contribution >= 0.6 is 0 Å². The summed E-state index contributed by atoms with van der Waals surface area (Å²) in [6.45, 7) is 0.599. The number of piperidine rings is 1. The fourth-order valence-corrected chi connectivity index (χ4v) is 3.59. The summed E-state index contributed by atoms with van der Waals surface area (Å²) < 4.78 is 67.2. The Balaban J connectivity index is 1.71. The molecule has 1 aromatic rings. The SMILES string of the molecule is CS(=O)(=O)N1CCC(C(=O)NCC#CCOc2cccc(C(F)(F)F)c2)CC1. The molecule has 1 aliphatic heterocycles. The van der Waals surface area contributed by atoms with Crippen LogP contribution in [0.3, 0.4) is 0 Å². The molecule has 1 fully saturated rings. The number of carbonyl (C=O) groups excluding carboxylic acids is 1. The van der Waals surface area contributed by atoms with Gasteiger partial charge in [-0.3, -0.25) is 4.79 Å². The van der Waals surface area contributed by atoms with Gasteiger partial charge in [-0.15, -0.1) is 0 Å². The number of nitrogens with zero attached hydrogens (tertiary/aromatic N) is 1. The van der Waals surface area contributed by atoms with E-state index in [-0.39, 0.29) is 30.7 Å². The number of amides is 1. The van der Waals surface area contributed by atoms with Gasteiger partial charge in [0.1, 0.15) is 12.4 Å². The van der Waals surface area contributed by atoms with Crippen LogP contribution in [-0.4, -0.2) is 51.1 Å². The normalized spacial score (nSPS) is 16.1. The molecule has 28 heavy (non-hydrogen) atoms. The van der Waals surface area contributed by atoms with E-state index in [9.17, 15) is 26.4 Å². The third-order valence-corrected chi connectivity index (χ3v) is 5.55. The minimum Gasteiger partial charge on any atom is -0.481 e. The summed E-state index contributed by atoms with van der Waals surface area (Å²) in [5, 5.41) is 2.65. The first-order valence-corrected chi connectivity index (χ1v) is 10.4. The van der Waals surface area contributed by atoms with Crippen LogP contribution < -0.4 is 10.1 Å². The summed E-state index contributed by atoms with van der Waals surface area (Å²) in [6, 6.07) is 4.50. The lowest BCUT2D eigenvalue weighted by molar-refractivity contribution is -0.137. The Hall–Kier alpha value is -2.25. The van der Waals surface area contributed by atoms with Crippen molar-refractivity contribution in [1.29, 1.82) is 0 Å². The van der Waals surface area contributed by atoms with Crippen LogP contribution in [0.1, 0.15) is 18.4 Å². The highest BCUT2D eigenvalue weighted by atomic mass is 32.2. The molecule has 1 saturated heterocycles. The van der Waals surface area contributed by atoms with Crippen molar-refractivity contribution >= 4 is 15.9 Å². The van der Waals surface area contributed by atoms with Crippen LogP contribution in [-0.2, 0) is 21.0 Å². The molecule has 1 heterocycles. The number of alkyl halides is 3. The lowest BCUT2D eigenvalue weighted by Crippen LogP contribution is -2.42. The van der Waals surface area contributed by atoms with E-state index in [1.807, 2.05) is 0 Å². The average molecular weight is 418 g/mol. The molecule has 0 radical (unpaired) electrons. The van der Waals surface area contributed by atoms with Crippen molar-refractivity contribution in [1.82, 2.24) is 9.62 Å². The van der Waals surface area contributed by atoms with Gasteiger partial charge in [-0.2, -0.15) is 13.2 Å². The molecular formula is C18H21F3N2O4S. The van der Waals surface area contributed by atoms with Crippen LogP contribution in [0.15, 0.2) is 24.3 Å². The quantitative estimate of drug-likeness (QED) is 0.741. The Bertz CT molecular complexity index is 852. The predicted octanol–water partition coefficient (Wildman–Crippen LogP) is 1.88. The van der Waals surface area contributed by atoms with Gasteiger partial charge >= 0.3 is 6.18 Å². The number of hydrogen-bond donors (Lipinski definition) is 1. The monoisotopic (exact) mass is 418 g/mol. The number of ether oxygens (including phenoxy) is 1. The Morgan fingerprint density at radius 2 is 1.96 bits per heavy atom. The molecular weight excluding hydrogens is 397 g/mol. The van der Waals surface area contributed by atoms with Gasteiger partial charge in [-0.05, 0) is 31.0 Å². The van der Waals surface area contributed by atoms with Crippen molar-refractivity contribution in [3.8, 4) is 17.6 Å². The Morgan fingerprint density at radius 1 is 1.29 bits per heavy atom. The highest BCUT2D eigenvalue weighted by molar-refractivity contribution is 7.88. The highest BCUT2D eigenvalue weighted by Crippen LogP contribution is 2.31. The van der Waals surface area contributed by atoms with Gasteiger partial charge in [0, 0.05) is 19.0 Å². The zero-order chi connectivity index (χ0) is 20.8. The van der Waals surface area contributed by atoms with Crippen LogP contribution in [0.4, 0.5) is 13.2 Å². The van der Waals surface area contributed by atoms with Crippen LogP contribution in [0.5, 0.6) is 5.75 Å². The van der Waals surface area contributed by atoms with Gasteiger partial charge in [0.2, 0.25) is 15.9 Å². The topological polar surface area (TPSA) is 75.7 Å². The van der Waals surface area contributed by atoms with Gasteiger partial charge < -0.3 is 10.1 Å². The third kappa shape index (κ3) is 6.73. The number of sulfonamides is 1. The molecule has 0 aromatic heterocycles. The second-order valence-corrected chi connectivity index (χ2v) is 8.30. The smallest absolute Gasteiger partial charge is 0.416 e. The Labute approximate surface area is 162 Å². The number of hydrogen-bond acceptors (Lipinski definition) is 4. The van der Waals surface area contributed by atoms with Crippen LogP contribution in [0.2, 0.25) is 0 Å². The molecule has 10 heteroatoms. The van der Waals surface area contributed by atoms with Crippen molar-refractivity contribution in [2.24, 2.45) is 5.92 Å². The number of halogens is 3. The Morgan fingerprint density at radius 3 is 2.57 bits per heavy atom. The van der Waals surface area contributed by atoms with E-state index in [0.717, 1.165) is 18.4 Å². The van der Waals surface area contributed by atoms with Gasteiger partial charge in [0.05, 0.1) is 18.4 Å². The maximum atomic E-state index is 12.6. The molecule has 6 nitrogen and oxygen atoms in total. The van der Waals surface area contributed by atoms with E-state index in [1.54, 1.807) is 0 Å². The summed E-state index contributed by atoms with van der Waals surface area (Å²) in [5.41, 5.74) is -0.799. The minimum absolute atomic E-state index is 0.0609. The fourth-order valence-electron chi connectivity index (χ4n) is 2.72. The molecule has 1 N–H and O–H groups in total. The van der Waals surface area contributed by atoms with Gasteiger partial charge in [-0.25, -0.2) is 12.7 Å². The third-order valence-electron chi connectivity index (χ3n) is 4.24. The van der Waals surface area contributed by atoms with Crippen LogP contribution in [0.25, 0.3) is 0 Å². The number of rotatable bonds is 5. The summed E-state index contributed by atoms with van der Waals surface area (Å²) >= 11 is 0. The van der Waals surface area contributed by atoms with Crippen molar-refractivity contribution < 1.29 is 31.1 Å². The summed E-state index contributed by atoms with van der Waals surface area (Å²) in [5.74, 6) is 4.89. The maximum Gasteiger partial charge on any atom is 0.416 e. The molecule has 154 valence electrons. The van der Waals surface area contributed by atoms with Crippen molar-refractivity contribution in [3.05, 3.63) is 29.8 Å². The first kappa shape index (κ1) is 22.0. The predicted molar refractivity (Wildman–Crippen MR) is 96.9 cm³/mol. The van der Waals surface area contributed by atoms with Gasteiger partial charge in [-0.1, -0.05) is 17.9 Å². The minimum atomic E-state index is -4.44. The van der Waals surface area contributed by atoms with E-state index in [2.05, 4.69) is 17.2 Å². The molecule has 0 saturated carbocycles. The fraction of sp³-hybridized carbons (Fsp3) is 0.500. The molecule has 1 amide bonds. The van der Waals surface area contributed by atoms with E-state index in [0.29, 0.717) is 25.9 Å². The van der Waals surface area contributed by atoms with Gasteiger partial charge in [0.25, 0.3) is 0 Å². The van der Waals surface area contributed by atoms with Crippen LogP contribution in [0, 0.1) is 17.8 Å². The summed E-state index contributed by atoms with van der Waals surface area (Å²) in [6.07, 6.45) is -2.40. The average Bonchev–Trinajstić information content (AvgIpc) is 2.63. The second kappa shape index (κ2) is 9.30. The first-order chi connectivity index (χ1) is 13.1. The van der Waals surface area contributed by atoms with E-state index in [1.165, 1.54) is 16.4 Å². The molecule has 1 aromatic carbocycles. The zero-order valence-electron chi connectivity index (χ0n) is 15.3. The lowest BCUT2D eigenvalue weighted by atomic mass is 9.97. The Kier molecular flexibility index (Phi) is 7.32. The highest BCUT2D eigenvalue weighted by Gasteiger charge is 2.30. The molecule has 2 rings (SSSR count).